The summed E-state index contributed by atoms with van der Waals surface area (Å²) in [7, 11) is 1.03. The topological polar surface area (TPSA) is 0 Å². The van der Waals surface area contributed by atoms with Gasteiger partial charge in [0.05, 0.1) is 0 Å². The molecule has 4 atom stereocenters. The van der Waals surface area contributed by atoms with Crippen LogP contribution in [0, 0.1) is 0 Å². The third-order valence-corrected chi connectivity index (χ3v) is 21.0. The molecule has 0 bridgehead atoms. The lowest BCUT2D eigenvalue weighted by Gasteiger charge is -2.56. The zero-order valence-corrected chi connectivity index (χ0v) is 40.2. The van der Waals surface area contributed by atoms with Crippen LogP contribution in [0.15, 0.2) is 0 Å². The van der Waals surface area contributed by atoms with Crippen LogP contribution in [-0.2, 0) is 0 Å². The van der Waals surface area contributed by atoms with Crippen molar-refractivity contribution in [2.45, 2.75) is 112 Å². The van der Waals surface area contributed by atoms with E-state index < -0.39 is 194 Å². The molecule has 0 aliphatic rings. The van der Waals surface area contributed by atoms with E-state index in [-0.39, 0.29) is 0 Å². The quantitative estimate of drug-likeness (QED) is 0.0594. The number of alkyl halides is 43. The highest BCUT2D eigenvalue weighted by Crippen LogP contribution is 2.83. The first-order valence-corrected chi connectivity index (χ1v) is 22.9. The first-order chi connectivity index (χ1) is 30.3. The maximum Gasteiger partial charge on any atom is 0.441 e. The van der Waals surface area contributed by atoms with Crippen molar-refractivity contribution in [1.82, 2.24) is 0 Å². The van der Waals surface area contributed by atoms with E-state index in [0.717, 1.165) is 0 Å². The molecular weight excluding hydrogens is 1410 g/mol. The van der Waals surface area contributed by atoms with E-state index in [2.05, 4.69) is 57.1 Å². The van der Waals surface area contributed by atoms with Crippen molar-refractivity contribution in [3.8, 4) is 0 Å². The van der Waals surface area contributed by atoms with E-state index >= 15 is 61.5 Å². The van der Waals surface area contributed by atoms with Crippen molar-refractivity contribution in [2.24, 2.45) is 0 Å². The van der Waals surface area contributed by atoms with Crippen LogP contribution < -0.4 is 0 Å². The molecule has 51 heteroatoms. The van der Waals surface area contributed by atoms with Crippen LogP contribution in [0.4, 0.5) is 167 Å². The average Bonchev–Trinajstić information content (AvgIpc) is 3.04. The number of hydrogen-bond acceptors (Lipinski definition) is 7. The van der Waals surface area contributed by atoms with Crippen LogP contribution in [-0.4, -0.2) is 112 Å². The van der Waals surface area contributed by atoms with Gasteiger partial charge in [0.25, 0.3) is 0 Å². The maximum absolute atomic E-state index is 15.7. The van der Waals surface area contributed by atoms with Crippen molar-refractivity contribution >= 4 is 150 Å². The SMILES string of the molecule is FC(F)(Cl)SC(SC(F)(F)C(F)(F)Cl)(SC(F)(F)C(F)(F)C(F)(F)Cl)C(Cl)(SC(F)(C(F)(F)F)C(F)(F)F)C(SCl)(SC(F)(F)C(F)(F)C(F)(F)C(F)(Cl)SC(F)(F)C(F)(C(F)(F)F)C(F)(F)F)C(F)(F)F. The van der Waals surface area contributed by atoms with E-state index in [9.17, 15) is 105 Å². The van der Waals surface area contributed by atoms with Gasteiger partial charge in [-0.1, -0.05) is 35.1 Å². The molecule has 4 unspecified atom stereocenters. The lowest BCUT2D eigenvalue weighted by molar-refractivity contribution is -0.378. The summed E-state index contributed by atoms with van der Waals surface area (Å²) in [5.74, 6) is -26.7. The Morgan fingerprint density at radius 1 is 0.278 bits per heavy atom. The summed E-state index contributed by atoms with van der Waals surface area (Å²) < 4.78 is 508. The summed E-state index contributed by atoms with van der Waals surface area (Å²) in [4.78, 5) is 0. The third kappa shape index (κ3) is 12.8. The van der Waals surface area contributed by atoms with E-state index in [4.69, 9.17) is 11.6 Å². The van der Waals surface area contributed by atoms with Gasteiger partial charge in [-0.3, -0.25) is 0 Å². The fraction of sp³-hybridized carbons (Fsp3) is 1.00. The van der Waals surface area contributed by atoms with Gasteiger partial charge >= 0.3 is 100 Å². The highest BCUT2D eigenvalue weighted by atomic mass is 35.7. The maximum atomic E-state index is 15.7. The van der Waals surface area contributed by atoms with E-state index in [1.807, 2.05) is 0 Å². The van der Waals surface area contributed by atoms with Crippen LogP contribution in [0.25, 0.3) is 0 Å². The minimum absolute atomic E-state index is 3.46. The van der Waals surface area contributed by atoms with Crippen LogP contribution in [0.2, 0.25) is 0 Å². The van der Waals surface area contributed by atoms with Gasteiger partial charge in [-0.05, 0) is 104 Å². The van der Waals surface area contributed by atoms with Gasteiger partial charge in [-0.25, -0.2) is 13.2 Å². The zero-order valence-electron chi connectivity index (χ0n) is 30.0. The first kappa shape index (κ1) is 73.5. The van der Waals surface area contributed by atoms with Gasteiger partial charge in [0.15, 0.2) is 7.62 Å². The molecule has 434 valence electrons. The highest BCUT2D eigenvalue weighted by molar-refractivity contribution is 8.37. The number of halogens is 44. The second-order valence-electron chi connectivity index (χ2n) is 11.9. The summed E-state index contributed by atoms with van der Waals surface area (Å²) >= 11 is -5.83. The Kier molecular flexibility index (Phi) is 20.9. The molecule has 0 heterocycles. The van der Waals surface area contributed by atoms with Crippen molar-refractivity contribution < 1.29 is 167 Å². The van der Waals surface area contributed by atoms with Gasteiger partial charge in [0.2, 0.25) is 4.08 Å². The fourth-order valence-corrected chi connectivity index (χ4v) is 17.1. The molecular formula is C21Cl6F38S7. The molecule has 72 heavy (non-hydrogen) atoms. The first-order valence-electron chi connectivity index (χ1n) is 14.4. The molecule has 0 aliphatic carbocycles. The fourth-order valence-electron chi connectivity index (χ4n) is 3.65. The van der Waals surface area contributed by atoms with Crippen molar-refractivity contribution in [3.63, 3.8) is 0 Å². The van der Waals surface area contributed by atoms with Crippen LogP contribution in [0.5, 0.6) is 0 Å². The Bertz CT molecular complexity index is 1850. The molecule has 0 aromatic carbocycles. The predicted molar refractivity (Wildman–Crippen MR) is 188 cm³/mol. The second kappa shape index (κ2) is 20.5. The molecule has 0 aliphatic heterocycles. The van der Waals surface area contributed by atoms with Crippen LogP contribution in [0.3, 0.4) is 0 Å². The van der Waals surface area contributed by atoms with E-state index in [0.29, 0.717) is 0 Å². The Hall–Kier alpha value is 1.53. The van der Waals surface area contributed by atoms with Crippen LogP contribution >= 0.6 is 150 Å². The molecule has 0 nitrogen and oxygen atoms in total. The largest absolute Gasteiger partial charge is 0.441 e. The normalized spacial score (nSPS) is 19.7. The molecule has 0 saturated carbocycles. The smallest absolute Gasteiger partial charge is 0.215 e. The predicted octanol–water partition coefficient (Wildman–Crippen LogP) is 20.3. The molecule has 0 aromatic rings. The third-order valence-electron chi connectivity index (χ3n) is 6.97. The highest BCUT2D eigenvalue weighted by Gasteiger charge is 2.93. The van der Waals surface area contributed by atoms with Gasteiger partial charge in [0.1, 0.15) is 0 Å². The minimum Gasteiger partial charge on any atom is -0.215 e. The number of thioether (sulfide) groups is 6. The van der Waals surface area contributed by atoms with E-state index in [1.165, 1.54) is 0 Å². The van der Waals surface area contributed by atoms with Crippen LogP contribution in [0.1, 0.15) is 0 Å². The molecule has 0 amide bonds. The second-order valence-corrected chi connectivity index (χ2v) is 25.4. The molecule has 0 spiro atoms. The monoisotopic (exact) mass is 1410 g/mol. The Labute approximate surface area is 427 Å². The average molecular weight is 1410 g/mol. The summed E-state index contributed by atoms with van der Waals surface area (Å²) in [5, 5.41) is -57.0. The summed E-state index contributed by atoms with van der Waals surface area (Å²) in [6.45, 7) is 0. The van der Waals surface area contributed by atoms with Crippen molar-refractivity contribution in [2.75, 3.05) is 0 Å². The lowest BCUT2D eigenvalue weighted by atomic mass is 10.1. The standard InChI is InChI=1S/C21Cl6F38S7/c22-2(66-6(35,13(47,48)49)14(50,51)52,20(71-21(26,64)65,70-19(62,63)9(24,38)39)69-18(60,61)5(33,34)8(23,36)37)7(72-27,15(53,54)55)67-17(58,59)4(31,32)3(29,30)10(25,40)68-16(56,57)1(28,11(41,42)43)12(44,45)46. The molecule has 0 fully saturated rings. The molecule has 0 rings (SSSR count). The lowest BCUT2D eigenvalue weighted by Crippen LogP contribution is -2.70. The van der Waals surface area contributed by atoms with Gasteiger partial charge in [-0.2, -0.15) is 154 Å². The molecule has 0 saturated heterocycles. The molecule has 0 radical (unpaired) electrons. The zero-order chi connectivity index (χ0) is 59.4. The molecule has 0 aromatic heterocycles. The van der Waals surface area contributed by atoms with Gasteiger partial charge in [-0.15, -0.1) is 11.6 Å². The summed E-state index contributed by atoms with van der Waals surface area (Å²) in [5.41, 5.74) is -8.66. The number of hydrogen-bond donors (Lipinski definition) is 0. The van der Waals surface area contributed by atoms with Crippen molar-refractivity contribution in [3.05, 3.63) is 0 Å². The summed E-state index contributed by atoms with van der Waals surface area (Å²) in [6.07, 6.45) is -42.9. The Morgan fingerprint density at radius 2 is 0.611 bits per heavy atom. The van der Waals surface area contributed by atoms with E-state index in [1.54, 1.807) is 0 Å². The Balaban J connectivity index is 9.95. The number of rotatable bonds is 22. The summed E-state index contributed by atoms with van der Waals surface area (Å²) in [6, 6.07) is 0. The van der Waals surface area contributed by atoms with Crippen molar-refractivity contribution in [1.29, 1.82) is 0 Å². The Morgan fingerprint density at radius 3 is 0.875 bits per heavy atom. The van der Waals surface area contributed by atoms with Gasteiger partial charge in [0, 0.05) is 0 Å². The molecule has 0 N–H and O–H groups in total. The van der Waals surface area contributed by atoms with Gasteiger partial charge < -0.3 is 0 Å². The minimum atomic E-state index is -9.34.